The minimum absolute atomic E-state index is 0.133. The summed E-state index contributed by atoms with van der Waals surface area (Å²) in [5.74, 6) is 0.691. The first-order chi connectivity index (χ1) is 16.2. The maximum atomic E-state index is 13.1. The van der Waals surface area contributed by atoms with E-state index in [9.17, 15) is 4.79 Å². The molecule has 2 aromatic carbocycles. The van der Waals surface area contributed by atoms with Gasteiger partial charge in [0.25, 0.3) is 5.91 Å². The van der Waals surface area contributed by atoms with Crippen molar-refractivity contribution in [3.8, 4) is 17.0 Å². The number of hydrogen-bond acceptors (Lipinski definition) is 5. The van der Waals surface area contributed by atoms with Gasteiger partial charge in [-0.15, -0.1) is 0 Å². The molecule has 0 spiro atoms. The van der Waals surface area contributed by atoms with Crippen LogP contribution in [0.5, 0.6) is 5.75 Å². The SMILES string of the molecule is CCOc1ccc(-c2cc3ccccc3c(C(=O)NCCCN3CCOCCC3C)n2)cc1. The number of fused-ring (bicyclic) bond motifs is 1. The maximum absolute atomic E-state index is 13.1. The number of carbonyl (C=O) groups excluding carboxylic acids is 1. The van der Waals surface area contributed by atoms with Crippen molar-refractivity contribution in [3.63, 3.8) is 0 Å². The zero-order chi connectivity index (χ0) is 23.0. The van der Waals surface area contributed by atoms with Crippen LogP contribution in [0.2, 0.25) is 0 Å². The van der Waals surface area contributed by atoms with Crippen molar-refractivity contribution in [1.82, 2.24) is 15.2 Å². The van der Waals surface area contributed by atoms with Gasteiger partial charge in [-0.3, -0.25) is 9.69 Å². The largest absolute Gasteiger partial charge is 0.494 e. The molecule has 3 aromatic rings. The molecule has 1 N–H and O–H groups in total. The molecule has 0 bridgehead atoms. The van der Waals surface area contributed by atoms with Gasteiger partial charge in [-0.05, 0) is 62.4 Å². The van der Waals surface area contributed by atoms with E-state index in [0.29, 0.717) is 24.9 Å². The Labute approximate surface area is 195 Å². The van der Waals surface area contributed by atoms with Gasteiger partial charge >= 0.3 is 0 Å². The summed E-state index contributed by atoms with van der Waals surface area (Å²) in [7, 11) is 0. The molecule has 6 nitrogen and oxygen atoms in total. The van der Waals surface area contributed by atoms with E-state index in [0.717, 1.165) is 66.9 Å². The molecule has 33 heavy (non-hydrogen) atoms. The predicted octanol–water partition coefficient (Wildman–Crippen LogP) is 4.53. The van der Waals surface area contributed by atoms with Crippen LogP contribution in [0, 0.1) is 0 Å². The van der Waals surface area contributed by atoms with Gasteiger partial charge in [-0.25, -0.2) is 4.98 Å². The Balaban J connectivity index is 1.47. The minimum Gasteiger partial charge on any atom is -0.494 e. The molecular weight excluding hydrogens is 414 g/mol. The lowest BCUT2D eigenvalue weighted by Crippen LogP contribution is -2.36. The summed E-state index contributed by atoms with van der Waals surface area (Å²) >= 11 is 0. The number of pyridine rings is 1. The summed E-state index contributed by atoms with van der Waals surface area (Å²) < 4.78 is 11.1. The quantitative estimate of drug-likeness (QED) is 0.514. The van der Waals surface area contributed by atoms with Crippen LogP contribution < -0.4 is 10.1 Å². The highest BCUT2D eigenvalue weighted by atomic mass is 16.5. The molecule has 1 aliphatic heterocycles. The minimum atomic E-state index is -0.133. The van der Waals surface area contributed by atoms with Crippen molar-refractivity contribution < 1.29 is 14.3 Å². The lowest BCUT2D eigenvalue weighted by atomic mass is 10.0. The normalized spacial score (nSPS) is 17.0. The lowest BCUT2D eigenvalue weighted by Gasteiger charge is -2.25. The smallest absolute Gasteiger partial charge is 0.270 e. The second-order valence-corrected chi connectivity index (χ2v) is 8.43. The zero-order valence-electron chi connectivity index (χ0n) is 19.5. The fraction of sp³-hybridized carbons (Fsp3) is 0.407. The molecule has 1 fully saturated rings. The Morgan fingerprint density at radius 3 is 2.82 bits per heavy atom. The molecule has 6 heteroatoms. The molecule has 4 rings (SSSR count). The zero-order valence-corrected chi connectivity index (χ0v) is 19.5. The standard InChI is InChI=1S/C27H33N3O3/c1-3-33-23-11-9-21(10-12-23)25-19-22-7-4-5-8-24(22)26(29-25)27(31)28-14-6-15-30-16-18-32-17-13-20(30)2/h4-5,7-12,19-20H,3,6,13-18H2,1-2H3,(H,28,31). The molecule has 1 unspecified atom stereocenters. The molecule has 0 aliphatic carbocycles. The van der Waals surface area contributed by atoms with Gasteiger partial charge in [0.1, 0.15) is 11.4 Å². The van der Waals surface area contributed by atoms with E-state index in [-0.39, 0.29) is 5.91 Å². The molecule has 0 saturated carbocycles. The maximum Gasteiger partial charge on any atom is 0.270 e. The fourth-order valence-corrected chi connectivity index (χ4v) is 4.25. The van der Waals surface area contributed by atoms with Gasteiger partial charge in [0, 0.05) is 43.2 Å². The number of rotatable bonds is 8. The first kappa shape index (κ1) is 23.2. The molecule has 174 valence electrons. The topological polar surface area (TPSA) is 63.7 Å². The fourth-order valence-electron chi connectivity index (χ4n) is 4.25. The van der Waals surface area contributed by atoms with Gasteiger partial charge in [-0.2, -0.15) is 0 Å². The molecule has 1 amide bonds. The molecule has 1 atom stereocenters. The number of carbonyl (C=O) groups is 1. The third-order valence-electron chi connectivity index (χ3n) is 6.15. The number of aromatic nitrogens is 1. The third kappa shape index (κ3) is 5.89. The number of nitrogens with zero attached hydrogens (tertiary/aromatic N) is 2. The van der Waals surface area contributed by atoms with Gasteiger partial charge in [-0.1, -0.05) is 24.3 Å². The Bertz CT molecular complexity index is 1070. The summed E-state index contributed by atoms with van der Waals surface area (Å²) in [6, 6.07) is 18.3. The Morgan fingerprint density at radius 2 is 2.00 bits per heavy atom. The number of nitrogens with one attached hydrogen (secondary N) is 1. The first-order valence-corrected chi connectivity index (χ1v) is 11.9. The van der Waals surface area contributed by atoms with Gasteiger partial charge in [0.05, 0.1) is 18.9 Å². The molecule has 1 saturated heterocycles. The second-order valence-electron chi connectivity index (χ2n) is 8.43. The number of benzene rings is 2. The van der Waals surface area contributed by atoms with Crippen LogP contribution in [0.4, 0.5) is 0 Å². The van der Waals surface area contributed by atoms with E-state index in [1.165, 1.54) is 0 Å². The van der Waals surface area contributed by atoms with Crippen LogP contribution in [-0.2, 0) is 4.74 Å². The molecule has 0 radical (unpaired) electrons. The van der Waals surface area contributed by atoms with Crippen LogP contribution in [0.15, 0.2) is 54.6 Å². The van der Waals surface area contributed by atoms with Crippen LogP contribution in [0.25, 0.3) is 22.0 Å². The van der Waals surface area contributed by atoms with Crippen molar-refractivity contribution in [2.75, 3.05) is 39.5 Å². The van der Waals surface area contributed by atoms with Crippen LogP contribution in [0.1, 0.15) is 37.2 Å². The number of amides is 1. The molecule has 1 aliphatic rings. The third-order valence-corrected chi connectivity index (χ3v) is 6.15. The highest BCUT2D eigenvalue weighted by molar-refractivity contribution is 6.06. The molecule has 2 heterocycles. The Hall–Kier alpha value is -2.96. The molecular formula is C27H33N3O3. The van der Waals surface area contributed by atoms with Gasteiger partial charge in [0.2, 0.25) is 0 Å². The van der Waals surface area contributed by atoms with Crippen LogP contribution in [-0.4, -0.2) is 61.3 Å². The van der Waals surface area contributed by atoms with Crippen molar-refractivity contribution in [3.05, 3.63) is 60.3 Å². The van der Waals surface area contributed by atoms with E-state index in [2.05, 4.69) is 17.1 Å². The van der Waals surface area contributed by atoms with E-state index in [1.54, 1.807) is 0 Å². The number of hydrogen-bond donors (Lipinski definition) is 1. The lowest BCUT2D eigenvalue weighted by molar-refractivity contribution is 0.0947. The number of ether oxygens (including phenoxy) is 2. The average molecular weight is 448 g/mol. The second kappa shape index (κ2) is 11.3. The summed E-state index contributed by atoms with van der Waals surface area (Å²) in [4.78, 5) is 20.3. The van der Waals surface area contributed by atoms with Gasteiger partial charge in [0.15, 0.2) is 0 Å². The summed E-state index contributed by atoms with van der Waals surface area (Å²) in [5.41, 5.74) is 2.20. The van der Waals surface area contributed by atoms with Gasteiger partial charge < -0.3 is 14.8 Å². The van der Waals surface area contributed by atoms with Crippen LogP contribution >= 0.6 is 0 Å². The molecule has 1 aromatic heterocycles. The highest BCUT2D eigenvalue weighted by Crippen LogP contribution is 2.26. The average Bonchev–Trinajstić information content (AvgIpc) is 3.05. The summed E-state index contributed by atoms with van der Waals surface area (Å²) in [6.45, 7) is 8.97. The Morgan fingerprint density at radius 1 is 1.18 bits per heavy atom. The van der Waals surface area contributed by atoms with Crippen molar-refractivity contribution >= 4 is 16.7 Å². The van der Waals surface area contributed by atoms with Crippen molar-refractivity contribution in [2.45, 2.75) is 32.7 Å². The van der Waals surface area contributed by atoms with Crippen molar-refractivity contribution in [2.24, 2.45) is 0 Å². The van der Waals surface area contributed by atoms with Crippen molar-refractivity contribution in [1.29, 1.82) is 0 Å². The summed E-state index contributed by atoms with van der Waals surface area (Å²) in [6.07, 6.45) is 1.95. The Kier molecular flexibility index (Phi) is 7.92. The monoisotopic (exact) mass is 447 g/mol. The van der Waals surface area contributed by atoms with Crippen LogP contribution in [0.3, 0.4) is 0 Å². The van der Waals surface area contributed by atoms with E-state index < -0.39 is 0 Å². The first-order valence-electron chi connectivity index (χ1n) is 11.9. The van der Waals surface area contributed by atoms with E-state index in [4.69, 9.17) is 14.5 Å². The highest BCUT2D eigenvalue weighted by Gasteiger charge is 2.17. The van der Waals surface area contributed by atoms with E-state index in [1.807, 2.05) is 61.5 Å². The summed E-state index contributed by atoms with van der Waals surface area (Å²) in [5, 5.41) is 4.95. The predicted molar refractivity (Wildman–Crippen MR) is 132 cm³/mol. The van der Waals surface area contributed by atoms with E-state index >= 15 is 0 Å².